The van der Waals surface area contributed by atoms with Gasteiger partial charge in [-0.25, -0.2) is 4.98 Å². The summed E-state index contributed by atoms with van der Waals surface area (Å²) in [5, 5.41) is 13.7. The van der Waals surface area contributed by atoms with Gasteiger partial charge in [0.15, 0.2) is 0 Å². The van der Waals surface area contributed by atoms with E-state index in [1.165, 1.54) is 12.3 Å². The molecule has 1 rings (SSSR count). The van der Waals surface area contributed by atoms with Crippen molar-refractivity contribution < 1.29 is 9.72 Å². The van der Waals surface area contributed by atoms with Gasteiger partial charge >= 0.3 is 5.69 Å². The zero-order valence-corrected chi connectivity index (χ0v) is 9.61. The first-order valence-corrected chi connectivity index (χ1v) is 5.20. The number of nitrogens with zero attached hydrogens (tertiary/aromatic N) is 2. The monoisotopic (exact) mass is 258 g/mol. The van der Waals surface area contributed by atoms with Gasteiger partial charge in [0.05, 0.1) is 9.95 Å². The Hall–Kier alpha value is -1.89. The van der Waals surface area contributed by atoms with Crippen molar-refractivity contribution in [2.75, 3.05) is 11.9 Å². The van der Waals surface area contributed by atoms with E-state index in [9.17, 15) is 14.9 Å². The fourth-order valence-electron chi connectivity index (χ4n) is 1.17. The average molecular weight is 259 g/mol. The van der Waals surface area contributed by atoms with Gasteiger partial charge in [-0.1, -0.05) is 11.6 Å². The number of nitrogens with one attached hydrogen (secondary N) is 1. The predicted molar refractivity (Wildman–Crippen MR) is 62.8 cm³/mol. The first-order valence-electron chi connectivity index (χ1n) is 4.83. The molecule has 8 heteroatoms. The highest BCUT2D eigenvalue weighted by Gasteiger charge is 2.15. The maximum Gasteiger partial charge on any atom is 0.312 e. The largest absolute Gasteiger partial charge is 0.370 e. The van der Waals surface area contributed by atoms with Gasteiger partial charge in [-0.2, -0.15) is 0 Å². The highest BCUT2D eigenvalue weighted by Crippen LogP contribution is 2.24. The molecule has 0 spiro atoms. The number of anilines is 1. The molecule has 0 aromatic carbocycles. The SMILES string of the molecule is NC(=O)CCCNc1ncc(Cl)cc1[N+](=O)[O-]. The van der Waals surface area contributed by atoms with Crippen LogP contribution in [0.5, 0.6) is 0 Å². The molecular weight excluding hydrogens is 248 g/mol. The number of amides is 1. The van der Waals surface area contributed by atoms with Crippen LogP contribution in [-0.2, 0) is 4.79 Å². The first kappa shape index (κ1) is 13.2. The third kappa shape index (κ3) is 4.23. The average Bonchev–Trinajstić information content (AvgIpc) is 2.25. The smallest absolute Gasteiger partial charge is 0.312 e. The summed E-state index contributed by atoms with van der Waals surface area (Å²) in [4.78, 5) is 24.4. The number of rotatable bonds is 6. The van der Waals surface area contributed by atoms with Gasteiger partial charge in [0.2, 0.25) is 11.7 Å². The van der Waals surface area contributed by atoms with Crippen LogP contribution in [0.4, 0.5) is 11.5 Å². The van der Waals surface area contributed by atoms with Crippen molar-refractivity contribution in [3.63, 3.8) is 0 Å². The number of primary amides is 1. The minimum atomic E-state index is -0.574. The number of nitro groups is 1. The van der Waals surface area contributed by atoms with E-state index in [1.54, 1.807) is 0 Å². The van der Waals surface area contributed by atoms with E-state index in [0.29, 0.717) is 13.0 Å². The standard InChI is InChI=1S/C9H11ClN4O3/c10-6-4-7(14(16)17)9(13-5-6)12-3-1-2-8(11)15/h4-5H,1-3H2,(H2,11,15)(H,12,13). The van der Waals surface area contributed by atoms with Crippen LogP contribution < -0.4 is 11.1 Å². The van der Waals surface area contributed by atoms with Gasteiger partial charge in [0, 0.05) is 25.2 Å². The number of halogens is 1. The third-order valence-corrected chi connectivity index (χ3v) is 2.13. The van der Waals surface area contributed by atoms with E-state index in [0.717, 1.165) is 0 Å². The molecule has 3 N–H and O–H groups in total. The molecule has 1 heterocycles. The Balaban J connectivity index is 2.64. The zero-order chi connectivity index (χ0) is 12.8. The van der Waals surface area contributed by atoms with Crippen molar-refractivity contribution in [3.8, 4) is 0 Å². The molecule has 0 unspecified atom stereocenters. The summed E-state index contributed by atoms with van der Waals surface area (Å²) in [5.41, 5.74) is 4.76. The Morgan fingerprint density at radius 3 is 2.94 bits per heavy atom. The summed E-state index contributed by atoms with van der Waals surface area (Å²) in [6, 6.07) is 1.21. The van der Waals surface area contributed by atoms with Gasteiger partial charge in [-0.05, 0) is 6.42 Å². The molecular formula is C9H11ClN4O3. The molecule has 0 radical (unpaired) electrons. The maximum atomic E-state index is 10.7. The zero-order valence-electron chi connectivity index (χ0n) is 8.85. The van der Waals surface area contributed by atoms with Gasteiger partial charge in [-0.3, -0.25) is 14.9 Å². The molecule has 0 aliphatic rings. The fourth-order valence-corrected chi connectivity index (χ4v) is 1.33. The Morgan fingerprint density at radius 2 is 2.35 bits per heavy atom. The van der Waals surface area contributed by atoms with Crippen molar-refractivity contribution in [2.24, 2.45) is 5.73 Å². The third-order valence-electron chi connectivity index (χ3n) is 1.92. The molecule has 0 aliphatic carbocycles. The Labute approximate surface area is 102 Å². The summed E-state index contributed by atoms with van der Waals surface area (Å²) < 4.78 is 0. The second-order valence-electron chi connectivity index (χ2n) is 3.28. The second-order valence-corrected chi connectivity index (χ2v) is 3.71. The number of hydrogen-bond donors (Lipinski definition) is 2. The van der Waals surface area contributed by atoms with Crippen LogP contribution in [0.2, 0.25) is 5.02 Å². The van der Waals surface area contributed by atoms with E-state index in [1.807, 2.05) is 0 Å². The molecule has 0 aliphatic heterocycles. The highest BCUT2D eigenvalue weighted by atomic mass is 35.5. The minimum Gasteiger partial charge on any atom is -0.370 e. The van der Waals surface area contributed by atoms with Crippen LogP contribution in [-0.4, -0.2) is 22.4 Å². The van der Waals surface area contributed by atoms with Crippen LogP contribution in [0.25, 0.3) is 0 Å². The number of carbonyl (C=O) groups excluding carboxylic acids is 1. The molecule has 1 aromatic heterocycles. The lowest BCUT2D eigenvalue weighted by molar-refractivity contribution is -0.384. The van der Waals surface area contributed by atoms with Crippen molar-refractivity contribution in [3.05, 3.63) is 27.4 Å². The summed E-state index contributed by atoms with van der Waals surface area (Å²) >= 11 is 5.61. The summed E-state index contributed by atoms with van der Waals surface area (Å²) in [7, 11) is 0. The van der Waals surface area contributed by atoms with Crippen LogP contribution in [0.1, 0.15) is 12.8 Å². The van der Waals surface area contributed by atoms with E-state index >= 15 is 0 Å². The molecule has 1 aromatic rings. The van der Waals surface area contributed by atoms with Gasteiger partial charge in [0.25, 0.3) is 0 Å². The lowest BCUT2D eigenvalue weighted by Crippen LogP contribution is -2.13. The van der Waals surface area contributed by atoms with Gasteiger partial charge < -0.3 is 11.1 Å². The predicted octanol–water partition coefficient (Wildman–Crippen LogP) is 1.32. The second kappa shape index (κ2) is 6.00. The highest BCUT2D eigenvalue weighted by molar-refractivity contribution is 6.30. The summed E-state index contributed by atoms with van der Waals surface area (Å²) in [6.07, 6.45) is 2.01. The molecule has 7 nitrogen and oxygen atoms in total. The first-order chi connectivity index (χ1) is 8.00. The van der Waals surface area contributed by atoms with Crippen molar-refractivity contribution >= 4 is 29.0 Å². The molecule has 17 heavy (non-hydrogen) atoms. The number of nitrogens with two attached hydrogens (primary N) is 1. The lowest BCUT2D eigenvalue weighted by atomic mass is 10.3. The van der Waals surface area contributed by atoms with E-state index in [2.05, 4.69) is 10.3 Å². The molecule has 0 bridgehead atoms. The number of pyridine rings is 1. The van der Waals surface area contributed by atoms with Crippen molar-refractivity contribution in [1.29, 1.82) is 0 Å². The Kier molecular flexibility index (Phi) is 4.65. The van der Waals surface area contributed by atoms with Crippen LogP contribution in [0, 0.1) is 10.1 Å². The van der Waals surface area contributed by atoms with E-state index in [4.69, 9.17) is 17.3 Å². The fraction of sp³-hybridized carbons (Fsp3) is 0.333. The maximum absolute atomic E-state index is 10.7. The quantitative estimate of drug-likeness (QED) is 0.454. The molecule has 92 valence electrons. The molecule has 0 saturated carbocycles. The van der Waals surface area contributed by atoms with Crippen molar-refractivity contribution in [2.45, 2.75) is 12.8 Å². The number of aromatic nitrogens is 1. The molecule has 0 fully saturated rings. The van der Waals surface area contributed by atoms with Gasteiger partial charge in [-0.15, -0.1) is 0 Å². The van der Waals surface area contributed by atoms with E-state index < -0.39 is 10.8 Å². The summed E-state index contributed by atoms with van der Waals surface area (Å²) in [6.45, 7) is 0.373. The normalized spacial score (nSPS) is 9.94. The van der Waals surface area contributed by atoms with Crippen LogP contribution in [0.15, 0.2) is 12.3 Å². The van der Waals surface area contributed by atoms with E-state index in [-0.39, 0.29) is 22.9 Å². The van der Waals surface area contributed by atoms with Crippen LogP contribution in [0.3, 0.4) is 0 Å². The number of carbonyl (C=O) groups is 1. The van der Waals surface area contributed by atoms with Crippen molar-refractivity contribution in [1.82, 2.24) is 4.98 Å². The van der Waals surface area contributed by atoms with Gasteiger partial charge in [0.1, 0.15) is 0 Å². The molecule has 0 atom stereocenters. The molecule has 1 amide bonds. The topological polar surface area (TPSA) is 111 Å². The Morgan fingerprint density at radius 1 is 1.65 bits per heavy atom. The minimum absolute atomic E-state index is 0.129. The van der Waals surface area contributed by atoms with Crippen LogP contribution >= 0.6 is 11.6 Å². The Bertz CT molecular complexity index is 438. The lowest BCUT2D eigenvalue weighted by Gasteiger charge is -2.05. The summed E-state index contributed by atoms with van der Waals surface area (Å²) in [5.74, 6) is -0.283. The number of hydrogen-bond acceptors (Lipinski definition) is 5. The molecule has 0 saturated heterocycles.